The number of carbonyl (C=O) groups is 1. The van der Waals surface area contributed by atoms with Crippen molar-refractivity contribution in [1.82, 2.24) is 15.0 Å². The minimum Gasteiger partial charge on any atom is -0.488 e. The van der Waals surface area contributed by atoms with Crippen molar-refractivity contribution >= 4 is 23.6 Å². The number of nitrogens with one attached hydrogen (secondary N) is 1. The number of anilines is 3. The Morgan fingerprint density at radius 3 is 2.72 bits per heavy atom. The molecule has 0 radical (unpaired) electrons. The third-order valence-corrected chi connectivity index (χ3v) is 4.59. The quantitative estimate of drug-likeness (QED) is 0.486. The van der Waals surface area contributed by atoms with Gasteiger partial charge in [-0.1, -0.05) is 0 Å². The van der Waals surface area contributed by atoms with E-state index >= 15 is 0 Å². The van der Waals surface area contributed by atoms with Gasteiger partial charge in [0.2, 0.25) is 5.95 Å². The molecular weight excluding hydrogens is 370 g/mol. The van der Waals surface area contributed by atoms with Gasteiger partial charge in [0.1, 0.15) is 17.5 Å². The zero-order valence-electron chi connectivity index (χ0n) is 15.7. The van der Waals surface area contributed by atoms with E-state index in [1.54, 1.807) is 24.5 Å². The summed E-state index contributed by atoms with van der Waals surface area (Å²) in [7, 11) is 0. The van der Waals surface area contributed by atoms with Crippen LogP contribution in [0.15, 0.2) is 48.8 Å². The molecule has 1 aliphatic heterocycles. The molecule has 148 valence electrons. The van der Waals surface area contributed by atoms with Crippen molar-refractivity contribution in [2.45, 2.75) is 18.9 Å². The van der Waals surface area contributed by atoms with Crippen LogP contribution in [0, 0.1) is 0 Å². The first kappa shape index (κ1) is 18.8. The minimum absolute atomic E-state index is 0.131. The molecule has 1 fully saturated rings. The van der Waals surface area contributed by atoms with E-state index in [1.165, 1.54) is 0 Å². The average Bonchev–Trinajstić information content (AvgIpc) is 2.77. The fourth-order valence-corrected chi connectivity index (χ4v) is 3.05. The van der Waals surface area contributed by atoms with Gasteiger partial charge in [-0.05, 0) is 36.4 Å². The predicted octanol–water partition coefficient (Wildman–Crippen LogP) is 3.23. The number of nitrogen functional groups attached to an aromatic ring is 1. The molecule has 0 saturated carbocycles. The van der Waals surface area contributed by atoms with Gasteiger partial charge in [-0.15, -0.1) is 0 Å². The molecule has 1 aromatic carbocycles. The average molecular weight is 391 g/mol. The number of aldehydes is 1. The number of hydrogen-bond acceptors (Lipinski definition) is 8. The second-order valence-corrected chi connectivity index (χ2v) is 6.66. The molecule has 8 heteroatoms. The Hall–Kier alpha value is -3.52. The third-order valence-electron chi connectivity index (χ3n) is 4.59. The van der Waals surface area contributed by atoms with Gasteiger partial charge in [0.25, 0.3) is 0 Å². The van der Waals surface area contributed by atoms with E-state index in [-0.39, 0.29) is 6.10 Å². The summed E-state index contributed by atoms with van der Waals surface area (Å²) in [6, 6.07) is 10.8. The summed E-state index contributed by atoms with van der Waals surface area (Å²) in [5, 5.41) is 3.08. The number of pyridine rings is 1. The van der Waals surface area contributed by atoms with Gasteiger partial charge in [-0.3, -0.25) is 9.78 Å². The number of ether oxygens (including phenoxy) is 2. The Kier molecular flexibility index (Phi) is 5.62. The molecule has 0 bridgehead atoms. The number of benzene rings is 1. The highest BCUT2D eigenvalue weighted by Crippen LogP contribution is 2.30. The normalized spacial score (nSPS) is 14.3. The van der Waals surface area contributed by atoms with Crippen molar-refractivity contribution in [2.24, 2.45) is 0 Å². The minimum atomic E-state index is 0.131. The molecule has 1 saturated heterocycles. The Morgan fingerprint density at radius 2 is 2.00 bits per heavy atom. The van der Waals surface area contributed by atoms with Crippen LogP contribution < -0.4 is 15.8 Å². The summed E-state index contributed by atoms with van der Waals surface area (Å²) in [4.78, 5) is 23.5. The number of rotatable bonds is 6. The van der Waals surface area contributed by atoms with Crippen LogP contribution in [0.4, 0.5) is 17.3 Å². The van der Waals surface area contributed by atoms with Crippen molar-refractivity contribution < 1.29 is 14.3 Å². The van der Waals surface area contributed by atoms with E-state index < -0.39 is 0 Å². The van der Waals surface area contributed by atoms with Crippen LogP contribution in [-0.4, -0.2) is 40.6 Å². The van der Waals surface area contributed by atoms with E-state index in [0.717, 1.165) is 24.1 Å². The monoisotopic (exact) mass is 391 g/mol. The van der Waals surface area contributed by atoms with Crippen molar-refractivity contribution in [3.8, 4) is 17.0 Å². The second kappa shape index (κ2) is 8.66. The number of carbonyl (C=O) groups excluding carboxylic acids is 1. The third kappa shape index (κ3) is 4.67. The highest BCUT2D eigenvalue weighted by molar-refractivity contribution is 5.73. The van der Waals surface area contributed by atoms with E-state index in [9.17, 15) is 4.79 Å². The maximum Gasteiger partial charge on any atom is 0.227 e. The lowest BCUT2D eigenvalue weighted by Gasteiger charge is -2.24. The van der Waals surface area contributed by atoms with Gasteiger partial charge in [0, 0.05) is 24.6 Å². The first-order valence-electron chi connectivity index (χ1n) is 9.37. The van der Waals surface area contributed by atoms with Crippen LogP contribution in [0.1, 0.15) is 23.3 Å². The Balaban J connectivity index is 1.49. The topological polar surface area (TPSA) is 112 Å². The van der Waals surface area contributed by atoms with Crippen LogP contribution >= 0.6 is 0 Å². The van der Waals surface area contributed by atoms with Crippen LogP contribution in [-0.2, 0) is 4.74 Å². The highest BCUT2D eigenvalue weighted by atomic mass is 16.5. The summed E-state index contributed by atoms with van der Waals surface area (Å²) < 4.78 is 11.4. The molecule has 0 amide bonds. The molecule has 8 nitrogen and oxygen atoms in total. The van der Waals surface area contributed by atoms with Crippen molar-refractivity contribution in [3.63, 3.8) is 0 Å². The Labute approximate surface area is 168 Å². The SMILES string of the molecule is Nc1cc(-c2ccnc(Nc3ccc(C=O)nc3)n2)ccc1OC1CCOCC1. The first-order chi connectivity index (χ1) is 14.2. The van der Waals surface area contributed by atoms with E-state index in [2.05, 4.69) is 20.3 Å². The Morgan fingerprint density at radius 1 is 1.14 bits per heavy atom. The number of aromatic nitrogens is 3. The molecule has 0 spiro atoms. The van der Waals surface area contributed by atoms with Gasteiger partial charge in [-0.2, -0.15) is 0 Å². The molecule has 3 heterocycles. The summed E-state index contributed by atoms with van der Waals surface area (Å²) in [6.07, 6.45) is 5.78. The first-order valence-corrected chi connectivity index (χ1v) is 9.37. The number of nitrogens with zero attached hydrogens (tertiary/aromatic N) is 3. The van der Waals surface area contributed by atoms with Gasteiger partial charge < -0.3 is 20.5 Å². The summed E-state index contributed by atoms with van der Waals surface area (Å²) >= 11 is 0. The molecule has 4 rings (SSSR count). The summed E-state index contributed by atoms with van der Waals surface area (Å²) in [5.74, 6) is 1.10. The molecule has 3 aromatic rings. The van der Waals surface area contributed by atoms with Crippen LogP contribution in [0.3, 0.4) is 0 Å². The molecular formula is C21H21N5O3. The van der Waals surface area contributed by atoms with Crippen LogP contribution in [0.2, 0.25) is 0 Å². The lowest BCUT2D eigenvalue weighted by molar-refractivity contribution is 0.0259. The molecule has 3 N–H and O–H groups in total. The molecule has 0 atom stereocenters. The van der Waals surface area contributed by atoms with Gasteiger partial charge in [0.05, 0.1) is 36.5 Å². The largest absolute Gasteiger partial charge is 0.488 e. The van der Waals surface area contributed by atoms with E-state index in [0.29, 0.717) is 48.3 Å². The zero-order chi connectivity index (χ0) is 20.1. The Bertz CT molecular complexity index is 988. The lowest BCUT2D eigenvalue weighted by Crippen LogP contribution is -2.26. The van der Waals surface area contributed by atoms with E-state index in [4.69, 9.17) is 15.2 Å². The molecule has 0 aliphatic carbocycles. The lowest BCUT2D eigenvalue weighted by atomic mass is 10.1. The number of hydrogen-bond donors (Lipinski definition) is 2. The molecule has 0 unspecified atom stereocenters. The van der Waals surface area contributed by atoms with Gasteiger partial charge in [-0.25, -0.2) is 9.97 Å². The smallest absolute Gasteiger partial charge is 0.227 e. The fourth-order valence-electron chi connectivity index (χ4n) is 3.05. The van der Waals surface area contributed by atoms with Crippen LogP contribution in [0.25, 0.3) is 11.3 Å². The number of nitrogens with two attached hydrogens (primary N) is 1. The zero-order valence-corrected chi connectivity index (χ0v) is 15.7. The molecule has 2 aromatic heterocycles. The predicted molar refractivity (Wildman–Crippen MR) is 109 cm³/mol. The standard InChI is InChI=1S/C21H21N5O3/c22-18-11-14(1-4-20(18)29-17-6-9-28-10-7-17)19-5-8-23-21(26-19)25-15-2-3-16(13-27)24-12-15/h1-5,8,11-13,17H,6-7,9-10,22H2,(H,23,25,26). The second-order valence-electron chi connectivity index (χ2n) is 6.66. The molecule has 1 aliphatic rings. The fraction of sp³-hybridized carbons (Fsp3) is 0.238. The molecule has 29 heavy (non-hydrogen) atoms. The van der Waals surface area contributed by atoms with Gasteiger partial charge in [0.15, 0.2) is 6.29 Å². The maximum absolute atomic E-state index is 10.7. The summed E-state index contributed by atoms with van der Waals surface area (Å²) in [5.41, 5.74) is 9.42. The maximum atomic E-state index is 10.7. The van der Waals surface area contributed by atoms with Crippen LogP contribution in [0.5, 0.6) is 5.75 Å². The van der Waals surface area contributed by atoms with Crippen molar-refractivity contribution in [2.75, 3.05) is 24.3 Å². The van der Waals surface area contributed by atoms with Crippen molar-refractivity contribution in [3.05, 3.63) is 54.5 Å². The highest BCUT2D eigenvalue weighted by Gasteiger charge is 2.17. The summed E-state index contributed by atoms with van der Waals surface area (Å²) in [6.45, 7) is 1.43. The van der Waals surface area contributed by atoms with E-state index in [1.807, 2.05) is 24.3 Å². The van der Waals surface area contributed by atoms with Crippen molar-refractivity contribution in [1.29, 1.82) is 0 Å². The van der Waals surface area contributed by atoms with Gasteiger partial charge >= 0.3 is 0 Å².